The van der Waals surface area contributed by atoms with Gasteiger partial charge in [-0.1, -0.05) is 18.2 Å². The predicted octanol–water partition coefficient (Wildman–Crippen LogP) is 2.98. The molecule has 6 heteroatoms. The number of hydrogen-bond acceptors (Lipinski definition) is 5. The first kappa shape index (κ1) is 17.4. The molecule has 0 N–H and O–H groups in total. The zero-order valence-electron chi connectivity index (χ0n) is 15.1. The SMILES string of the molecule is CC1CCc2ccccc2N1C(=O)COC(=O)c1ccc2c(c1)OCCO2. The minimum Gasteiger partial charge on any atom is -0.486 e. The van der Waals surface area contributed by atoms with Crippen molar-refractivity contribution in [3.63, 3.8) is 0 Å². The van der Waals surface area contributed by atoms with Crippen LogP contribution < -0.4 is 14.4 Å². The van der Waals surface area contributed by atoms with E-state index in [9.17, 15) is 9.59 Å². The van der Waals surface area contributed by atoms with Crippen LogP contribution in [0, 0.1) is 0 Å². The zero-order valence-corrected chi connectivity index (χ0v) is 15.1. The summed E-state index contributed by atoms with van der Waals surface area (Å²) >= 11 is 0. The van der Waals surface area contributed by atoms with Crippen LogP contribution in [0.1, 0.15) is 29.3 Å². The standard InChI is InChI=1S/C21H21NO5/c1-14-6-7-15-4-2-3-5-17(15)22(14)20(23)13-27-21(24)16-8-9-18-19(12-16)26-11-10-25-18/h2-5,8-9,12,14H,6-7,10-11,13H2,1H3. The number of amides is 1. The summed E-state index contributed by atoms with van der Waals surface area (Å²) in [4.78, 5) is 26.8. The summed E-state index contributed by atoms with van der Waals surface area (Å²) in [5.41, 5.74) is 2.37. The first-order valence-electron chi connectivity index (χ1n) is 9.10. The van der Waals surface area contributed by atoms with Gasteiger partial charge in [0.25, 0.3) is 5.91 Å². The summed E-state index contributed by atoms with van der Waals surface area (Å²) < 4.78 is 16.2. The van der Waals surface area contributed by atoms with E-state index < -0.39 is 5.97 Å². The molecule has 1 unspecified atom stereocenters. The van der Waals surface area contributed by atoms with Crippen molar-refractivity contribution in [3.8, 4) is 11.5 Å². The van der Waals surface area contributed by atoms with E-state index in [1.54, 1.807) is 23.1 Å². The van der Waals surface area contributed by atoms with Gasteiger partial charge < -0.3 is 19.1 Å². The number of fused-ring (bicyclic) bond motifs is 2. The fourth-order valence-electron chi connectivity index (χ4n) is 3.52. The van der Waals surface area contributed by atoms with Gasteiger partial charge in [-0.3, -0.25) is 4.79 Å². The number of carbonyl (C=O) groups excluding carboxylic acids is 2. The molecule has 0 radical (unpaired) electrons. The lowest BCUT2D eigenvalue weighted by Crippen LogP contribution is -2.44. The molecule has 2 aromatic rings. The smallest absolute Gasteiger partial charge is 0.338 e. The molecule has 0 aliphatic carbocycles. The maximum absolute atomic E-state index is 12.7. The molecule has 2 aromatic carbocycles. The van der Waals surface area contributed by atoms with Gasteiger partial charge in [-0.05, 0) is 49.6 Å². The Hall–Kier alpha value is -3.02. The Kier molecular flexibility index (Phi) is 4.71. The van der Waals surface area contributed by atoms with E-state index in [1.807, 2.05) is 31.2 Å². The first-order valence-corrected chi connectivity index (χ1v) is 9.10. The third-order valence-electron chi connectivity index (χ3n) is 4.90. The quantitative estimate of drug-likeness (QED) is 0.781. The monoisotopic (exact) mass is 367 g/mol. The van der Waals surface area contributed by atoms with Crippen LogP contribution in [0.5, 0.6) is 11.5 Å². The van der Waals surface area contributed by atoms with E-state index in [2.05, 4.69) is 0 Å². The van der Waals surface area contributed by atoms with Crippen molar-refractivity contribution < 1.29 is 23.8 Å². The molecule has 0 fully saturated rings. The molecule has 140 valence electrons. The minimum atomic E-state index is -0.557. The molecule has 2 aliphatic heterocycles. The number of rotatable bonds is 3. The lowest BCUT2D eigenvalue weighted by Gasteiger charge is -2.35. The molecule has 2 heterocycles. The van der Waals surface area contributed by atoms with E-state index in [0.29, 0.717) is 30.3 Å². The Labute approximate surface area is 157 Å². The second-order valence-electron chi connectivity index (χ2n) is 6.71. The molecule has 0 spiro atoms. The largest absolute Gasteiger partial charge is 0.486 e. The number of anilines is 1. The minimum absolute atomic E-state index is 0.0698. The Morgan fingerprint density at radius 2 is 1.89 bits per heavy atom. The summed E-state index contributed by atoms with van der Waals surface area (Å²) in [5.74, 6) is 0.340. The van der Waals surface area contributed by atoms with Gasteiger partial charge in [-0.15, -0.1) is 0 Å². The highest BCUT2D eigenvalue weighted by atomic mass is 16.6. The van der Waals surface area contributed by atoms with E-state index in [1.165, 1.54) is 0 Å². The summed E-state index contributed by atoms with van der Waals surface area (Å²) in [7, 11) is 0. The average molecular weight is 367 g/mol. The Bertz CT molecular complexity index is 879. The maximum atomic E-state index is 12.7. The van der Waals surface area contributed by atoms with Crippen LogP contribution in [0.15, 0.2) is 42.5 Å². The van der Waals surface area contributed by atoms with Crippen molar-refractivity contribution in [1.82, 2.24) is 0 Å². The van der Waals surface area contributed by atoms with Crippen molar-refractivity contribution in [2.45, 2.75) is 25.8 Å². The van der Waals surface area contributed by atoms with Gasteiger partial charge in [0.1, 0.15) is 13.2 Å². The Morgan fingerprint density at radius 3 is 2.74 bits per heavy atom. The first-order chi connectivity index (χ1) is 13.1. The Morgan fingerprint density at radius 1 is 1.11 bits per heavy atom. The van der Waals surface area contributed by atoms with Gasteiger partial charge in [-0.2, -0.15) is 0 Å². The van der Waals surface area contributed by atoms with Crippen LogP contribution in [0.3, 0.4) is 0 Å². The van der Waals surface area contributed by atoms with E-state index in [0.717, 1.165) is 24.1 Å². The van der Waals surface area contributed by atoms with Crippen LogP contribution in [0.4, 0.5) is 5.69 Å². The lowest BCUT2D eigenvalue weighted by molar-refractivity contribution is -0.122. The number of esters is 1. The van der Waals surface area contributed by atoms with Gasteiger partial charge in [0.2, 0.25) is 0 Å². The summed E-state index contributed by atoms with van der Waals surface area (Å²) in [6.45, 7) is 2.64. The molecule has 27 heavy (non-hydrogen) atoms. The molecule has 6 nitrogen and oxygen atoms in total. The van der Waals surface area contributed by atoms with E-state index in [-0.39, 0.29) is 18.6 Å². The maximum Gasteiger partial charge on any atom is 0.338 e. The highest BCUT2D eigenvalue weighted by Crippen LogP contribution is 2.32. The van der Waals surface area contributed by atoms with Crippen LogP contribution in [0.2, 0.25) is 0 Å². The normalized spacial score (nSPS) is 17.8. The number of para-hydroxylation sites is 1. The fraction of sp³-hybridized carbons (Fsp3) is 0.333. The molecule has 0 saturated heterocycles. The number of benzene rings is 2. The van der Waals surface area contributed by atoms with Crippen LogP contribution >= 0.6 is 0 Å². The number of carbonyl (C=O) groups is 2. The molecule has 1 amide bonds. The van der Waals surface area contributed by atoms with Crippen molar-refractivity contribution in [2.24, 2.45) is 0 Å². The van der Waals surface area contributed by atoms with E-state index in [4.69, 9.17) is 14.2 Å². The number of ether oxygens (including phenoxy) is 3. The van der Waals surface area contributed by atoms with Crippen molar-refractivity contribution in [3.05, 3.63) is 53.6 Å². The van der Waals surface area contributed by atoms with Crippen LogP contribution in [0.25, 0.3) is 0 Å². The highest BCUT2D eigenvalue weighted by Gasteiger charge is 2.28. The van der Waals surface area contributed by atoms with E-state index >= 15 is 0 Å². The van der Waals surface area contributed by atoms with Gasteiger partial charge >= 0.3 is 5.97 Å². The predicted molar refractivity (Wildman–Crippen MR) is 99.4 cm³/mol. The molecule has 4 rings (SSSR count). The van der Waals surface area contributed by atoms with Crippen LogP contribution in [-0.4, -0.2) is 37.7 Å². The van der Waals surface area contributed by atoms with Gasteiger partial charge in [0, 0.05) is 11.7 Å². The van der Waals surface area contributed by atoms with Crippen molar-refractivity contribution in [2.75, 3.05) is 24.7 Å². The molecule has 2 aliphatic rings. The molecule has 0 saturated carbocycles. The highest BCUT2D eigenvalue weighted by molar-refractivity contribution is 5.98. The second-order valence-corrected chi connectivity index (χ2v) is 6.71. The zero-order chi connectivity index (χ0) is 18.8. The summed E-state index contributed by atoms with van der Waals surface area (Å²) in [6.07, 6.45) is 1.83. The molecule has 0 bridgehead atoms. The number of aryl methyl sites for hydroxylation is 1. The molecular formula is C21H21NO5. The summed E-state index contributed by atoms with van der Waals surface area (Å²) in [5, 5.41) is 0. The lowest BCUT2D eigenvalue weighted by atomic mass is 9.96. The van der Waals surface area contributed by atoms with Crippen molar-refractivity contribution >= 4 is 17.6 Å². The molecular weight excluding hydrogens is 346 g/mol. The van der Waals surface area contributed by atoms with Crippen LogP contribution in [-0.2, 0) is 16.0 Å². The van der Waals surface area contributed by atoms with Gasteiger partial charge in [0.05, 0.1) is 5.56 Å². The van der Waals surface area contributed by atoms with Gasteiger partial charge in [-0.25, -0.2) is 4.79 Å². The topological polar surface area (TPSA) is 65.1 Å². The number of hydrogen-bond donors (Lipinski definition) is 0. The number of nitrogens with zero attached hydrogens (tertiary/aromatic N) is 1. The van der Waals surface area contributed by atoms with Gasteiger partial charge in [0.15, 0.2) is 18.1 Å². The summed E-state index contributed by atoms with van der Waals surface area (Å²) in [6, 6.07) is 12.8. The average Bonchev–Trinajstić information content (AvgIpc) is 2.71. The van der Waals surface area contributed by atoms with Crippen molar-refractivity contribution in [1.29, 1.82) is 0 Å². The Balaban J connectivity index is 1.44. The fourth-order valence-corrected chi connectivity index (χ4v) is 3.52. The second kappa shape index (κ2) is 7.31. The third kappa shape index (κ3) is 3.47. The third-order valence-corrected chi connectivity index (χ3v) is 4.90. The molecule has 1 atom stereocenters. The molecule has 0 aromatic heterocycles.